The van der Waals surface area contributed by atoms with Crippen LogP contribution in [0.2, 0.25) is 5.02 Å². The summed E-state index contributed by atoms with van der Waals surface area (Å²) >= 11 is 6.06. The number of unbranched alkanes of at least 4 members (excludes halogenated alkanes) is 9. The molecule has 0 aliphatic carbocycles. The first-order valence-electron chi connectivity index (χ1n) is 12.8. The van der Waals surface area contributed by atoms with Gasteiger partial charge in [0.25, 0.3) is 5.91 Å². The first-order valence-corrected chi connectivity index (χ1v) is 13.2. The van der Waals surface area contributed by atoms with E-state index in [0.717, 1.165) is 31.7 Å². The summed E-state index contributed by atoms with van der Waals surface area (Å²) < 4.78 is 47.1. The Bertz CT molecular complexity index is 950. The summed E-state index contributed by atoms with van der Waals surface area (Å²) in [4.78, 5) is 12.8. The average Bonchev–Trinajstić information content (AvgIpc) is 2.84. The smallest absolute Gasteiger partial charge is 0.420 e. The van der Waals surface area contributed by atoms with Gasteiger partial charge in [-0.3, -0.25) is 4.79 Å². The number of amides is 1. The quantitative estimate of drug-likeness (QED) is 0.217. The highest BCUT2D eigenvalue weighted by Crippen LogP contribution is 2.43. The van der Waals surface area contributed by atoms with Gasteiger partial charge in [-0.15, -0.1) is 0 Å². The van der Waals surface area contributed by atoms with Gasteiger partial charge in [-0.05, 0) is 36.2 Å². The van der Waals surface area contributed by atoms with Gasteiger partial charge in [0.05, 0.1) is 12.2 Å². The molecular weight excluding hydrogens is 491 g/mol. The Morgan fingerprint density at radius 1 is 0.972 bits per heavy atom. The first kappa shape index (κ1) is 30.0. The number of alkyl halides is 3. The van der Waals surface area contributed by atoms with Gasteiger partial charge in [-0.1, -0.05) is 88.4 Å². The van der Waals surface area contributed by atoms with Crippen LogP contribution in [0.4, 0.5) is 13.2 Å². The van der Waals surface area contributed by atoms with Gasteiger partial charge in [-0.25, -0.2) is 0 Å². The van der Waals surface area contributed by atoms with Crippen molar-refractivity contribution in [2.75, 3.05) is 19.8 Å². The van der Waals surface area contributed by atoms with Crippen LogP contribution in [0.3, 0.4) is 0 Å². The predicted octanol–water partition coefficient (Wildman–Crippen LogP) is 8.05. The van der Waals surface area contributed by atoms with E-state index >= 15 is 0 Å². The molecule has 0 fully saturated rings. The van der Waals surface area contributed by atoms with Gasteiger partial charge in [-0.2, -0.15) is 13.2 Å². The van der Waals surface area contributed by atoms with Crippen LogP contribution in [0.1, 0.15) is 87.1 Å². The summed E-state index contributed by atoms with van der Waals surface area (Å²) in [5, 5.41) is 12.2. The molecule has 2 aromatic carbocycles. The van der Waals surface area contributed by atoms with Crippen LogP contribution in [-0.2, 0) is 6.18 Å². The van der Waals surface area contributed by atoms with Crippen molar-refractivity contribution in [2.45, 2.75) is 77.3 Å². The summed E-state index contributed by atoms with van der Waals surface area (Å²) in [6.45, 7) is 1.83. The lowest BCUT2D eigenvalue weighted by molar-refractivity contribution is -0.139. The number of aliphatic hydroxyl groups excluding tert-OH is 1. The van der Waals surface area contributed by atoms with Gasteiger partial charge in [0.15, 0.2) is 0 Å². The van der Waals surface area contributed by atoms with Gasteiger partial charge >= 0.3 is 6.18 Å². The number of hydrogen-bond donors (Lipinski definition) is 2. The molecule has 0 aliphatic heterocycles. The van der Waals surface area contributed by atoms with E-state index in [1.807, 2.05) is 0 Å². The van der Waals surface area contributed by atoms with Crippen molar-refractivity contribution >= 4 is 17.5 Å². The highest BCUT2D eigenvalue weighted by molar-refractivity contribution is 6.30. The molecule has 8 heteroatoms. The Hall–Kier alpha value is -2.25. The van der Waals surface area contributed by atoms with Crippen molar-refractivity contribution in [2.24, 2.45) is 0 Å². The van der Waals surface area contributed by atoms with Crippen LogP contribution in [0.15, 0.2) is 36.4 Å². The van der Waals surface area contributed by atoms with Gasteiger partial charge in [0.1, 0.15) is 12.4 Å². The molecule has 0 bridgehead atoms. The topological polar surface area (TPSA) is 58.6 Å². The molecule has 0 atom stereocenters. The molecule has 0 spiro atoms. The van der Waals surface area contributed by atoms with E-state index in [0.29, 0.717) is 17.1 Å². The fourth-order valence-electron chi connectivity index (χ4n) is 4.06. The maximum absolute atomic E-state index is 13.9. The lowest BCUT2D eigenvalue weighted by Crippen LogP contribution is -2.25. The van der Waals surface area contributed by atoms with E-state index in [1.165, 1.54) is 50.7 Å². The third-order valence-corrected chi connectivity index (χ3v) is 6.18. The van der Waals surface area contributed by atoms with Gasteiger partial charge in [0, 0.05) is 22.7 Å². The SMILES string of the molecule is CCCCCCCCCCCCNC(=O)c1cc(-c2cccc(Cl)c2)c(OCCO)c(C(F)(F)F)c1. The molecule has 0 radical (unpaired) electrons. The van der Waals surface area contributed by atoms with Crippen molar-refractivity contribution in [1.29, 1.82) is 0 Å². The molecule has 200 valence electrons. The molecule has 1 amide bonds. The minimum Gasteiger partial charge on any atom is -0.490 e. The maximum Gasteiger partial charge on any atom is 0.420 e. The molecule has 0 saturated carbocycles. The van der Waals surface area contributed by atoms with Gasteiger partial charge in [0.2, 0.25) is 0 Å². The minimum atomic E-state index is -4.76. The molecule has 0 unspecified atom stereocenters. The molecule has 0 aliphatic rings. The van der Waals surface area contributed by atoms with Crippen LogP contribution in [0, 0.1) is 0 Å². The van der Waals surface area contributed by atoms with Crippen LogP contribution in [0.25, 0.3) is 11.1 Å². The molecule has 2 rings (SSSR count). The van der Waals surface area contributed by atoms with Crippen LogP contribution >= 0.6 is 11.6 Å². The number of hydrogen-bond acceptors (Lipinski definition) is 3. The normalized spacial score (nSPS) is 11.5. The van der Waals surface area contributed by atoms with E-state index in [2.05, 4.69) is 12.2 Å². The fourth-order valence-corrected chi connectivity index (χ4v) is 4.25. The Morgan fingerprint density at radius 3 is 2.19 bits per heavy atom. The number of ether oxygens (including phenoxy) is 1. The molecular formula is C28H37ClF3NO3. The zero-order chi connectivity index (χ0) is 26.4. The number of carbonyl (C=O) groups is 1. The first-order chi connectivity index (χ1) is 17.3. The number of carbonyl (C=O) groups excluding carboxylic acids is 1. The van der Waals surface area contributed by atoms with Gasteiger partial charge < -0.3 is 15.2 Å². The molecule has 0 aromatic heterocycles. The second-order valence-electron chi connectivity index (χ2n) is 8.92. The Morgan fingerprint density at radius 2 is 1.61 bits per heavy atom. The summed E-state index contributed by atoms with van der Waals surface area (Å²) in [5.74, 6) is -1.02. The minimum absolute atomic E-state index is 0.0878. The number of halogens is 4. The summed E-state index contributed by atoms with van der Waals surface area (Å²) in [7, 11) is 0. The summed E-state index contributed by atoms with van der Waals surface area (Å²) in [6, 6.07) is 8.49. The third kappa shape index (κ3) is 10.0. The monoisotopic (exact) mass is 527 g/mol. The average molecular weight is 528 g/mol. The van der Waals surface area contributed by atoms with E-state index in [4.69, 9.17) is 21.4 Å². The second kappa shape index (κ2) is 15.8. The standard InChI is InChI=1S/C28H37ClF3NO3/c1-2-3-4-5-6-7-8-9-10-11-15-33-27(35)22-19-24(21-13-12-14-23(29)18-21)26(36-17-16-34)25(20-22)28(30,31)32/h12-14,18-20,34H,2-11,15-17H2,1H3,(H,33,35). The van der Waals surface area contributed by atoms with E-state index < -0.39 is 30.0 Å². The Kier molecular flexibility index (Phi) is 13.1. The predicted molar refractivity (Wildman–Crippen MR) is 139 cm³/mol. The largest absolute Gasteiger partial charge is 0.490 e. The van der Waals surface area contributed by atoms with E-state index in [9.17, 15) is 18.0 Å². The molecule has 36 heavy (non-hydrogen) atoms. The third-order valence-electron chi connectivity index (χ3n) is 5.95. The summed E-state index contributed by atoms with van der Waals surface area (Å²) in [6.07, 6.45) is 6.80. The van der Waals surface area contributed by atoms with Crippen molar-refractivity contribution in [3.63, 3.8) is 0 Å². The highest BCUT2D eigenvalue weighted by Gasteiger charge is 2.37. The number of aliphatic hydroxyl groups is 1. The summed E-state index contributed by atoms with van der Waals surface area (Å²) in [5.41, 5.74) is -0.714. The molecule has 2 aromatic rings. The molecule has 4 nitrogen and oxygen atoms in total. The lowest BCUT2D eigenvalue weighted by atomic mass is 9.97. The lowest BCUT2D eigenvalue weighted by Gasteiger charge is -2.19. The van der Waals surface area contributed by atoms with Crippen LogP contribution < -0.4 is 10.1 Å². The molecule has 0 heterocycles. The molecule has 2 N–H and O–H groups in total. The van der Waals surface area contributed by atoms with Crippen molar-refractivity contribution in [3.8, 4) is 16.9 Å². The number of nitrogens with one attached hydrogen (secondary N) is 1. The second-order valence-corrected chi connectivity index (χ2v) is 9.35. The molecule has 0 saturated heterocycles. The van der Waals surface area contributed by atoms with E-state index in [-0.39, 0.29) is 17.7 Å². The van der Waals surface area contributed by atoms with Crippen LogP contribution in [-0.4, -0.2) is 30.8 Å². The van der Waals surface area contributed by atoms with Crippen LogP contribution in [0.5, 0.6) is 5.75 Å². The van der Waals surface area contributed by atoms with Crippen molar-refractivity contribution < 1.29 is 27.8 Å². The Balaban J connectivity index is 2.06. The van der Waals surface area contributed by atoms with Crippen molar-refractivity contribution in [3.05, 3.63) is 52.5 Å². The maximum atomic E-state index is 13.9. The Labute approximate surface area is 217 Å². The number of benzene rings is 2. The zero-order valence-electron chi connectivity index (χ0n) is 20.9. The highest BCUT2D eigenvalue weighted by atomic mass is 35.5. The number of rotatable bonds is 16. The fraction of sp³-hybridized carbons (Fsp3) is 0.536. The zero-order valence-corrected chi connectivity index (χ0v) is 21.7. The van der Waals surface area contributed by atoms with Crippen molar-refractivity contribution in [1.82, 2.24) is 5.32 Å². The van der Waals surface area contributed by atoms with E-state index in [1.54, 1.807) is 18.2 Å².